The Morgan fingerprint density at radius 1 is 0.964 bits per heavy atom. The summed E-state index contributed by atoms with van der Waals surface area (Å²) in [5.74, 6) is 0.108. The Bertz CT molecular complexity index is 841. The fraction of sp³-hybridized carbons (Fsp3) is 0.391. The zero-order valence-corrected chi connectivity index (χ0v) is 16.1. The summed E-state index contributed by atoms with van der Waals surface area (Å²) >= 11 is 0. The van der Waals surface area contributed by atoms with Gasteiger partial charge in [0.25, 0.3) is 5.91 Å². The predicted molar refractivity (Wildman–Crippen MR) is 109 cm³/mol. The van der Waals surface area contributed by atoms with Crippen LogP contribution in [0.1, 0.15) is 58.8 Å². The Morgan fingerprint density at radius 2 is 1.71 bits per heavy atom. The van der Waals surface area contributed by atoms with Gasteiger partial charge >= 0.3 is 6.03 Å². The van der Waals surface area contributed by atoms with Gasteiger partial charge in [-0.3, -0.25) is 4.79 Å². The van der Waals surface area contributed by atoms with Gasteiger partial charge in [0.05, 0.1) is 6.04 Å². The molecule has 4 rings (SSSR count). The van der Waals surface area contributed by atoms with Crippen LogP contribution in [0.5, 0.6) is 0 Å². The van der Waals surface area contributed by atoms with E-state index >= 15 is 0 Å². The van der Waals surface area contributed by atoms with Crippen molar-refractivity contribution >= 4 is 11.9 Å². The van der Waals surface area contributed by atoms with E-state index in [2.05, 4.69) is 22.8 Å². The second-order valence-electron chi connectivity index (χ2n) is 7.67. The minimum Gasteiger partial charge on any atom is -0.339 e. The molecule has 2 aromatic carbocycles. The normalized spacial score (nSPS) is 18.4. The Balaban J connectivity index is 1.28. The van der Waals surface area contributed by atoms with Gasteiger partial charge in [-0.1, -0.05) is 36.4 Å². The number of rotatable bonds is 4. The molecule has 1 fully saturated rings. The molecule has 3 amide bonds. The van der Waals surface area contributed by atoms with Crippen LogP contribution in [0.15, 0.2) is 48.5 Å². The van der Waals surface area contributed by atoms with Gasteiger partial charge in [-0.15, -0.1) is 0 Å². The fourth-order valence-electron chi connectivity index (χ4n) is 4.14. The molecule has 5 nitrogen and oxygen atoms in total. The summed E-state index contributed by atoms with van der Waals surface area (Å²) in [6.45, 7) is 2.15. The molecule has 1 saturated heterocycles. The molecule has 2 aliphatic rings. The minimum absolute atomic E-state index is 0.0840. The van der Waals surface area contributed by atoms with Gasteiger partial charge < -0.3 is 15.5 Å². The lowest BCUT2D eigenvalue weighted by atomic mass is 10.1. The summed E-state index contributed by atoms with van der Waals surface area (Å²) in [6.07, 6.45) is 5.35. The number of nitrogens with one attached hydrogen (secondary N) is 2. The largest absolute Gasteiger partial charge is 0.339 e. The molecule has 1 aliphatic heterocycles. The first kappa shape index (κ1) is 18.5. The van der Waals surface area contributed by atoms with Crippen molar-refractivity contribution in [3.63, 3.8) is 0 Å². The maximum Gasteiger partial charge on any atom is 0.315 e. The van der Waals surface area contributed by atoms with Crippen molar-refractivity contribution in [2.24, 2.45) is 0 Å². The highest BCUT2D eigenvalue weighted by molar-refractivity contribution is 5.94. The second kappa shape index (κ2) is 8.46. The van der Waals surface area contributed by atoms with E-state index in [9.17, 15) is 9.59 Å². The molecule has 0 radical (unpaired) electrons. The zero-order chi connectivity index (χ0) is 19.3. The van der Waals surface area contributed by atoms with E-state index in [-0.39, 0.29) is 18.0 Å². The van der Waals surface area contributed by atoms with Gasteiger partial charge in [-0.25, -0.2) is 4.79 Å². The standard InChI is InChI=1S/C23H27N3O2/c27-22(26-14-4-1-5-15-26)19-10-8-17(9-11-19)16-24-23(28)25-21-13-12-18-6-2-3-7-20(18)21/h2-3,6-11,21H,1,4-5,12-16H2,(H2,24,25,28). The third-order valence-corrected chi connectivity index (χ3v) is 5.74. The third kappa shape index (κ3) is 4.19. The first-order chi connectivity index (χ1) is 13.7. The van der Waals surface area contributed by atoms with Crippen LogP contribution in [0.25, 0.3) is 0 Å². The molecule has 0 bridgehead atoms. The molecule has 146 valence electrons. The quantitative estimate of drug-likeness (QED) is 0.851. The van der Waals surface area contributed by atoms with Gasteiger partial charge in [-0.05, 0) is 60.9 Å². The van der Waals surface area contributed by atoms with E-state index < -0.39 is 0 Å². The molecule has 1 unspecified atom stereocenters. The molecule has 0 spiro atoms. The lowest BCUT2D eigenvalue weighted by Crippen LogP contribution is -2.37. The maximum absolute atomic E-state index is 12.5. The number of likely N-dealkylation sites (tertiary alicyclic amines) is 1. The van der Waals surface area contributed by atoms with Crippen LogP contribution in [0.2, 0.25) is 0 Å². The molecular weight excluding hydrogens is 350 g/mol. The Labute approximate surface area is 166 Å². The maximum atomic E-state index is 12.5. The number of hydrogen-bond donors (Lipinski definition) is 2. The molecular formula is C23H27N3O2. The summed E-state index contributed by atoms with van der Waals surface area (Å²) < 4.78 is 0. The SMILES string of the molecule is O=C(NCc1ccc(C(=O)N2CCCCC2)cc1)NC1CCc2ccccc21. The van der Waals surface area contributed by atoms with Crippen LogP contribution < -0.4 is 10.6 Å². The van der Waals surface area contributed by atoms with E-state index in [0.717, 1.165) is 49.9 Å². The van der Waals surface area contributed by atoms with Crippen molar-refractivity contribution in [2.75, 3.05) is 13.1 Å². The van der Waals surface area contributed by atoms with Crippen molar-refractivity contribution in [3.05, 3.63) is 70.8 Å². The van der Waals surface area contributed by atoms with Gasteiger partial charge in [0.15, 0.2) is 0 Å². The zero-order valence-electron chi connectivity index (χ0n) is 16.1. The topological polar surface area (TPSA) is 61.4 Å². The number of aryl methyl sites for hydroxylation is 1. The van der Waals surface area contributed by atoms with Crippen molar-refractivity contribution in [1.82, 2.24) is 15.5 Å². The number of carbonyl (C=O) groups excluding carboxylic acids is 2. The summed E-state index contributed by atoms with van der Waals surface area (Å²) in [7, 11) is 0. The number of carbonyl (C=O) groups is 2. The molecule has 28 heavy (non-hydrogen) atoms. The highest BCUT2D eigenvalue weighted by Crippen LogP contribution is 2.30. The molecule has 0 saturated carbocycles. The average molecular weight is 377 g/mol. The van der Waals surface area contributed by atoms with Crippen molar-refractivity contribution in [3.8, 4) is 0 Å². The number of piperidine rings is 1. The van der Waals surface area contributed by atoms with E-state index in [1.807, 2.05) is 41.3 Å². The molecule has 2 aromatic rings. The number of benzene rings is 2. The van der Waals surface area contributed by atoms with Gasteiger partial charge in [0, 0.05) is 25.2 Å². The van der Waals surface area contributed by atoms with Gasteiger partial charge in [0.1, 0.15) is 0 Å². The average Bonchev–Trinajstić information content (AvgIpc) is 3.15. The van der Waals surface area contributed by atoms with E-state index in [4.69, 9.17) is 0 Å². The molecule has 5 heteroatoms. The number of urea groups is 1. The number of amides is 3. The highest BCUT2D eigenvalue weighted by atomic mass is 16.2. The fourth-order valence-corrected chi connectivity index (χ4v) is 4.14. The lowest BCUT2D eigenvalue weighted by Gasteiger charge is -2.26. The number of nitrogens with zero attached hydrogens (tertiary/aromatic N) is 1. The molecule has 0 aromatic heterocycles. The molecule has 1 atom stereocenters. The first-order valence-electron chi connectivity index (χ1n) is 10.2. The van der Waals surface area contributed by atoms with Crippen LogP contribution in [0.3, 0.4) is 0 Å². The van der Waals surface area contributed by atoms with Crippen LogP contribution in [-0.2, 0) is 13.0 Å². The van der Waals surface area contributed by atoms with Crippen LogP contribution >= 0.6 is 0 Å². The molecule has 1 heterocycles. The Morgan fingerprint density at radius 3 is 2.50 bits per heavy atom. The van der Waals surface area contributed by atoms with E-state index in [0.29, 0.717) is 6.54 Å². The van der Waals surface area contributed by atoms with Gasteiger partial charge in [-0.2, -0.15) is 0 Å². The van der Waals surface area contributed by atoms with E-state index in [1.54, 1.807) is 0 Å². The van der Waals surface area contributed by atoms with Crippen molar-refractivity contribution in [2.45, 2.75) is 44.7 Å². The second-order valence-corrected chi connectivity index (χ2v) is 7.67. The smallest absolute Gasteiger partial charge is 0.315 e. The number of hydrogen-bond acceptors (Lipinski definition) is 2. The summed E-state index contributed by atoms with van der Waals surface area (Å²) in [5.41, 5.74) is 4.25. The summed E-state index contributed by atoms with van der Waals surface area (Å²) in [5, 5.41) is 5.99. The van der Waals surface area contributed by atoms with Crippen LogP contribution in [0.4, 0.5) is 4.79 Å². The number of fused-ring (bicyclic) bond motifs is 1. The van der Waals surface area contributed by atoms with Crippen molar-refractivity contribution in [1.29, 1.82) is 0 Å². The van der Waals surface area contributed by atoms with Crippen LogP contribution in [-0.4, -0.2) is 29.9 Å². The lowest BCUT2D eigenvalue weighted by molar-refractivity contribution is 0.0724. The Hall–Kier alpha value is -2.82. The molecule has 1 aliphatic carbocycles. The van der Waals surface area contributed by atoms with Gasteiger partial charge in [0.2, 0.25) is 0 Å². The summed E-state index contributed by atoms with van der Waals surface area (Å²) in [6, 6.07) is 15.8. The van der Waals surface area contributed by atoms with Crippen LogP contribution in [0, 0.1) is 0 Å². The predicted octanol–water partition coefficient (Wildman–Crippen LogP) is 3.80. The first-order valence-corrected chi connectivity index (χ1v) is 10.2. The molecule has 2 N–H and O–H groups in total. The minimum atomic E-state index is -0.157. The Kier molecular flexibility index (Phi) is 5.60. The third-order valence-electron chi connectivity index (χ3n) is 5.74. The van der Waals surface area contributed by atoms with Crippen molar-refractivity contribution < 1.29 is 9.59 Å². The highest BCUT2D eigenvalue weighted by Gasteiger charge is 2.23. The van der Waals surface area contributed by atoms with E-state index in [1.165, 1.54) is 17.5 Å². The summed E-state index contributed by atoms with van der Waals surface area (Å²) in [4.78, 5) is 26.7. The monoisotopic (exact) mass is 377 g/mol.